The number of benzene rings is 1. The van der Waals surface area contributed by atoms with Crippen LogP contribution in [0.5, 0.6) is 0 Å². The lowest BCUT2D eigenvalue weighted by atomic mass is 10.2. The molecule has 0 radical (unpaired) electrons. The molecule has 118 valence electrons. The molecular formula is C18H20N4S. The first-order valence-corrected chi connectivity index (χ1v) is 8.72. The van der Waals surface area contributed by atoms with Crippen LogP contribution in [0.1, 0.15) is 31.1 Å². The summed E-state index contributed by atoms with van der Waals surface area (Å²) in [6.45, 7) is 5.29. The number of nitrogens with zero attached hydrogens (tertiary/aromatic N) is 4. The van der Waals surface area contributed by atoms with Crippen molar-refractivity contribution in [3.8, 4) is 11.4 Å². The van der Waals surface area contributed by atoms with Gasteiger partial charge in [-0.3, -0.25) is 4.98 Å². The molecule has 5 heteroatoms. The van der Waals surface area contributed by atoms with E-state index in [1.54, 1.807) is 24.2 Å². The highest BCUT2D eigenvalue weighted by Gasteiger charge is 2.17. The number of hydrogen-bond acceptors (Lipinski definition) is 4. The molecule has 0 N–H and O–H groups in total. The van der Waals surface area contributed by atoms with Gasteiger partial charge in [0.1, 0.15) is 0 Å². The van der Waals surface area contributed by atoms with Crippen molar-refractivity contribution in [1.29, 1.82) is 0 Å². The summed E-state index contributed by atoms with van der Waals surface area (Å²) >= 11 is 1.75. The third kappa shape index (κ3) is 3.62. The Morgan fingerprint density at radius 3 is 2.48 bits per heavy atom. The van der Waals surface area contributed by atoms with E-state index in [1.165, 1.54) is 5.56 Å². The van der Waals surface area contributed by atoms with Crippen LogP contribution in [0.2, 0.25) is 0 Å². The maximum absolute atomic E-state index is 4.43. The maximum Gasteiger partial charge on any atom is 0.192 e. The van der Waals surface area contributed by atoms with Gasteiger partial charge < -0.3 is 4.57 Å². The lowest BCUT2D eigenvalue weighted by Gasteiger charge is -2.13. The predicted octanol–water partition coefficient (Wildman–Crippen LogP) is 4.60. The Morgan fingerprint density at radius 1 is 1.04 bits per heavy atom. The van der Waals surface area contributed by atoms with E-state index in [-0.39, 0.29) is 0 Å². The Hall–Kier alpha value is -2.14. The number of thioether (sulfide) groups is 1. The second-order valence-electron chi connectivity index (χ2n) is 5.36. The Labute approximate surface area is 141 Å². The zero-order valence-corrected chi connectivity index (χ0v) is 14.2. The third-order valence-corrected chi connectivity index (χ3v) is 4.79. The zero-order valence-electron chi connectivity index (χ0n) is 13.4. The largest absolute Gasteiger partial charge is 0.302 e. The second-order valence-corrected chi connectivity index (χ2v) is 6.67. The summed E-state index contributed by atoms with van der Waals surface area (Å²) in [4.78, 5) is 4.08. The van der Waals surface area contributed by atoms with Gasteiger partial charge in [-0.25, -0.2) is 0 Å². The summed E-state index contributed by atoms with van der Waals surface area (Å²) in [5.74, 6) is 0.914. The van der Waals surface area contributed by atoms with Gasteiger partial charge in [0, 0.05) is 29.8 Å². The molecule has 0 saturated heterocycles. The predicted molar refractivity (Wildman–Crippen MR) is 94.3 cm³/mol. The second kappa shape index (κ2) is 7.42. The van der Waals surface area contributed by atoms with E-state index in [4.69, 9.17) is 0 Å². The standard InChI is InChI=1S/C18H20N4S/c1-3-13-22-17(16-9-11-19-12-10-16)20-21-18(22)23-14(2)15-7-5-4-6-8-15/h4-12,14H,3,13H2,1-2H3. The van der Waals surface area contributed by atoms with Crippen LogP contribution in [0.4, 0.5) is 0 Å². The lowest BCUT2D eigenvalue weighted by Crippen LogP contribution is -2.02. The molecule has 0 aliphatic heterocycles. The first kappa shape index (κ1) is 15.7. The van der Waals surface area contributed by atoms with E-state index >= 15 is 0 Å². The summed E-state index contributed by atoms with van der Waals surface area (Å²) < 4.78 is 2.21. The summed E-state index contributed by atoms with van der Waals surface area (Å²) in [5.41, 5.74) is 2.36. The van der Waals surface area contributed by atoms with Gasteiger partial charge in [-0.15, -0.1) is 10.2 Å². The van der Waals surface area contributed by atoms with E-state index in [0.29, 0.717) is 5.25 Å². The van der Waals surface area contributed by atoms with Crippen molar-refractivity contribution in [3.63, 3.8) is 0 Å². The van der Waals surface area contributed by atoms with Crippen LogP contribution in [0.25, 0.3) is 11.4 Å². The molecular weight excluding hydrogens is 304 g/mol. The van der Waals surface area contributed by atoms with Crippen LogP contribution in [-0.4, -0.2) is 19.7 Å². The van der Waals surface area contributed by atoms with Gasteiger partial charge in [-0.2, -0.15) is 0 Å². The molecule has 0 saturated carbocycles. The number of rotatable bonds is 6. The highest BCUT2D eigenvalue weighted by Crippen LogP contribution is 2.35. The van der Waals surface area contributed by atoms with Crippen LogP contribution in [0.15, 0.2) is 60.0 Å². The molecule has 0 aliphatic rings. The fourth-order valence-electron chi connectivity index (χ4n) is 2.47. The molecule has 0 spiro atoms. The van der Waals surface area contributed by atoms with E-state index < -0.39 is 0 Å². The summed E-state index contributed by atoms with van der Waals surface area (Å²) in [6.07, 6.45) is 4.63. The summed E-state index contributed by atoms with van der Waals surface area (Å²) in [5, 5.41) is 10.2. The topological polar surface area (TPSA) is 43.6 Å². The van der Waals surface area contributed by atoms with Crippen LogP contribution < -0.4 is 0 Å². The Kier molecular flexibility index (Phi) is 5.08. The Bertz CT molecular complexity index is 740. The molecule has 3 aromatic rings. The molecule has 1 unspecified atom stereocenters. The molecule has 1 aromatic carbocycles. The normalized spacial score (nSPS) is 12.3. The SMILES string of the molecule is CCCn1c(SC(C)c2ccccc2)nnc1-c1ccncc1. The minimum atomic E-state index is 0.335. The van der Waals surface area contributed by atoms with Crippen molar-refractivity contribution < 1.29 is 0 Å². The fraction of sp³-hybridized carbons (Fsp3) is 0.278. The fourth-order valence-corrected chi connectivity index (χ4v) is 3.47. The molecule has 3 rings (SSSR count). The molecule has 0 bridgehead atoms. The van der Waals surface area contributed by atoms with E-state index in [9.17, 15) is 0 Å². The Balaban J connectivity index is 1.89. The van der Waals surface area contributed by atoms with Crippen molar-refractivity contribution in [1.82, 2.24) is 19.7 Å². The van der Waals surface area contributed by atoms with Crippen LogP contribution in [0.3, 0.4) is 0 Å². The van der Waals surface area contributed by atoms with Gasteiger partial charge in [0.25, 0.3) is 0 Å². The van der Waals surface area contributed by atoms with Gasteiger partial charge >= 0.3 is 0 Å². The van der Waals surface area contributed by atoms with Gasteiger partial charge in [0.05, 0.1) is 0 Å². The number of aromatic nitrogens is 4. The van der Waals surface area contributed by atoms with Crippen LogP contribution in [0, 0.1) is 0 Å². The Morgan fingerprint density at radius 2 is 1.78 bits per heavy atom. The highest BCUT2D eigenvalue weighted by molar-refractivity contribution is 7.99. The molecule has 2 heterocycles. The monoisotopic (exact) mass is 324 g/mol. The van der Waals surface area contributed by atoms with Crippen molar-refractivity contribution >= 4 is 11.8 Å². The molecule has 23 heavy (non-hydrogen) atoms. The van der Waals surface area contributed by atoms with Gasteiger partial charge in [0.15, 0.2) is 11.0 Å². The summed E-state index contributed by atoms with van der Waals surface area (Å²) in [7, 11) is 0. The van der Waals surface area contributed by atoms with Crippen molar-refractivity contribution in [2.24, 2.45) is 0 Å². The minimum absolute atomic E-state index is 0.335. The molecule has 4 nitrogen and oxygen atoms in total. The highest BCUT2D eigenvalue weighted by atomic mass is 32.2. The molecule has 0 aliphatic carbocycles. The van der Waals surface area contributed by atoms with E-state index in [1.807, 2.05) is 18.2 Å². The van der Waals surface area contributed by atoms with E-state index in [2.05, 4.69) is 57.9 Å². The number of pyridine rings is 1. The smallest absolute Gasteiger partial charge is 0.192 e. The van der Waals surface area contributed by atoms with Crippen molar-refractivity contribution in [2.75, 3.05) is 0 Å². The van der Waals surface area contributed by atoms with Crippen molar-refractivity contribution in [2.45, 2.75) is 37.2 Å². The zero-order chi connectivity index (χ0) is 16.1. The van der Waals surface area contributed by atoms with Crippen molar-refractivity contribution in [3.05, 3.63) is 60.4 Å². The average Bonchev–Trinajstić information content (AvgIpc) is 2.99. The lowest BCUT2D eigenvalue weighted by molar-refractivity contribution is 0.625. The van der Waals surface area contributed by atoms with Crippen LogP contribution >= 0.6 is 11.8 Å². The van der Waals surface area contributed by atoms with Gasteiger partial charge in [-0.1, -0.05) is 49.0 Å². The number of hydrogen-bond donors (Lipinski definition) is 0. The van der Waals surface area contributed by atoms with Gasteiger partial charge in [-0.05, 0) is 31.0 Å². The summed E-state index contributed by atoms with van der Waals surface area (Å²) in [6, 6.07) is 14.5. The van der Waals surface area contributed by atoms with Gasteiger partial charge in [0.2, 0.25) is 0 Å². The molecule has 1 atom stereocenters. The minimum Gasteiger partial charge on any atom is -0.302 e. The molecule has 0 amide bonds. The first-order valence-electron chi connectivity index (χ1n) is 7.84. The third-order valence-electron chi connectivity index (χ3n) is 3.65. The molecule has 0 fully saturated rings. The van der Waals surface area contributed by atoms with Crippen LogP contribution in [-0.2, 0) is 6.54 Å². The van der Waals surface area contributed by atoms with E-state index in [0.717, 1.165) is 29.5 Å². The maximum atomic E-state index is 4.43. The average molecular weight is 324 g/mol. The quantitative estimate of drug-likeness (QED) is 0.621. The first-order chi connectivity index (χ1) is 11.3. The molecule has 2 aromatic heterocycles.